The first kappa shape index (κ1) is 14.8. The minimum atomic E-state index is -4.61. The third-order valence-electron chi connectivity index (χ3n) is 0.598. The Balaban J connectivity index is 0. The molecule has 0 amide bonds. The first-order chi connectivity index (χ1) is 5.59. The Kier molecular flexibility index (Phi) is 6.70. The van der Waals surface area contributed by atoms with E-state index in [0.29, 0.717) is 0 Å². The van der Waals surface area contributed by atoms with E-state index in [1.54, 1.807) is 0 Å². The van der Waals surface area contributed by atoms with Crippen molar-refractivity contribution in [3.8, 4) is 0 Å². The van der Waals surface area contributed by atoms with Gasteiger partial charge in [-0.3, -0.25) is 4.57 Å². The first-order valence-corrected chi connectivity index (χ1v) is 4.79. The second-order valence-electron chi connectivity index (χ2n) is 2.64. The number of hydrogen-bond donors (Lipinski definition) is 3. The summed E-state index contributed by atoms with van der Waals surface area (Å²) in [6.45, 7) is 2.66. The Morgan fingerprint density at radius 1 is 1.31 bits per heavy atom. The van der Waals surface area contributed by atoms with Crippen LogP contribution in [0.15, 0.2) is 11.9 Å². The van der Waals surface area contributed by atoms with Gasteiger partial charge in [-0.15, -0.1) is 0 Å². The van der Waals surface area contributed by atoms with Gasteiger partial charge in [0.15, 0.2) is 0 Å². The lowest BCUT2D eigenvalue weighted by Crippen LogP contribution is -1.99. The highest BCUT2D eigenvalue weighted by molar-refractivity contribution is 7.57. The SMILES string of the molecule is C=C(C(=O)O)P(=O)(O)O.CN(C)C. The zero-order valence-electron chi connectivity index (χ0n) is 7.76. The van der Waals surface area contributed by atoms with E-state index in [1.807, 2.05) is 26.0 Å². The minimum absolute atomic E-state index is 1.08. The van der Waals surface area contributed by atoms with E-state index in [2.05, 4.69) is 6.58 Å². The summed E-state index contributed by atoms with van der Waals surface area (Å²) in [5.74, 6) is -1.68. The first-order valence-electron chi connectivity index (χ1n) is 3.18. The summed E-state index contributed by atoms with van der Waals surface area (Å²) in [4.78, 5) is 27.9. The van der Waals surface area contributed by atoms with Gasteiger partial charge in [0.2, 0.25) is 0 Å². The largest absolute Gasteiger partial charge is 0.477 e. The van der Waals surface area contributed by atoms with Crippen molar-refractivity contribution in [2.75, 3.05) is 21.1 Å². The molecule has 0 spiro atoms. The third-order valence-corrected chi connectivity index (χ3v) is 1.49. The molecule has 13 heavy (non-hydrogen) atoms. The molecule has 0 atom stereocenters. The highest BCUT2D eigenvalue weighted by Gasteiger charge is 2.24. The molecule has 0 aromatic carbocycles. The van der Waals surface area contributed by atoms with Crippen LogP contribution in [-0.2, 0) is 9.36 Å². The second-order valence-corrected chi connectivity index (χ2v) is 4.27. The van der Waals surface area contributed by atoms with Crippen LogP contribution in [0.3, 0.4) is 0 Å². The highest BCUT2D eigenvalue weighted by atomic mass is 31.2. The van der Waals surface area contributed by atoms with Crippen LogP contribution in [0.4, 0.5) is 0 Å². The Morgan fingerprint density at radius 2 is 1.54 bits per heavy atom. The molecule has 0 fully saturated rings. The molecular formula is C6H14NO5P. The fourth-order valence-electron chi connectivity index (χ4n) is 0.125. The molecule has 0 heterocycles. The molecule has 0 aliphatic carbocycles. The fraction of sp³-hybridized carbons (Fsp3) is 0.500. The smallest absolute Gasteiger partial charge is 0.362 e. The summed E-state index contributed by atoms with van der Waals surface area (Å²) < 4.78 is 9.99. The summed E-state index contributed by atoms with van der Waals surface area (Å²) in [6.07, 6.45) is 0. The molecule has 0 saturated carbocycles. The van der Waals surface area contributed by atoms with Crippen molar-refractivity contribution in [1.29, 1.82) is 0 Å². The lowest BCUT2D eigenvalue weighted by molar-refractivity contribution is -0.131. The van der Waals surface area contributed by atoms with Crippen LogP contribution in [0.5, 0.6) is 0 Å². The number of carboxylic acid groups (broad SMARTS) is 1. The Morgan fingerprint density at radius 3 is 1.54 bits per heavy atom. The molecule has 0 aromatic rings. The predicted octanol–water partition coefficient (Wildman–Crippen LogP) is -0.0598. The maximum absolute atomic E-state index is 9.99. The van der Waals surface area contributed by atoms with Gasteiger partial charge in [0.1, 0.15) is 5.31 Å². The molecule has 0 unspecified atom stereocenters. The summed E-state index contributed by atoms with van der Waals surface area (Å²) in [5, 5.41) is 6.84. The van der Waals surface area contributed by atoms with Crippen LogP contribution in [0.1, 0.15) is 0 Å². The lowest BCUT2D eigenvalue weighted by Gasteiger charge is -1.99. The number of aliphatic carboxylic acids is 1. The maximum atomic E-state index is 9.99. The topological polar surface area (TPSA) is 98.1 Å². The average molecular weight is 211 g/mol. The number of carbonyl (C=O) groups is 1. The Bertz CT molecular complexity index is 228. The molecule has 3 N–H and O–H groups in total. The molecule has 78 valence electrons. The fourth-order valence-corrected chi connectivity index (χ4v) is 0.374. The van der Waals surface area contributed by atoms with E-state index in [-0.39, 0.29) is 0 Å². The van der Waals surface area contributed by atoms with Gasteiger partial charge >= 0.3 is 13.6 Å². The van der Waals surface area contributed by atoms with Crippen molar-refractivity contribution in [3.63, 3.8) is 0 Å². The summed E-state index contributed by atoms with van der Waals surface area (Å²) in [6, 6.07) is 0. The quantitative estimate of drug-likeness (QED) is 0.437. The monoisotopic (exact) mass is 211 g/mol. The molecule has 0 aliphatic rings. The van der Waals surface area contributed by atoms with Gasteiger partial charge in [0.05, 0.1) is 0 Å². The van der Waals surface area contributed by atoms with Crippen molar-refractivity contribution in [3.05, 3.63) is 11.9 Å². The molecule has 0 aliphatic heterocycles. The van der Waals surface area contributed by atoms with Gasteiger partial charge in [-0.2, -0.15) is 0 Å². The minimum Gasteiger partial charge on any atom is -0.477 e. The summed E-state index contributed by atoms with van der Waals surface area (Å²) in [7, 11) is 1.39. The van der Waals surface area contributed by atoms with Crippen LogP contribution in [0, 0.1) is 0 Å². The van der Waals surface area contributed by atoms with Crippen molar-refractivity contribution in [2.45, 2.75) is 0 Å². The summed E-state index contributed by atoms with van der Waals surface area (Å²) in [5.41, 5.74) is 0. The van der Waals surface area contributed by atoms with Gasteiger partial charge in [-0.25, -0.2) is 4.79 Å². The normalized spacial score (nSPS) is 10.3. The number of nitrogens with zero attached hydrogens (tertiary/aromatic N) is 1. The van der Waals surface area contributed by atoms with E-state index in [4.69, 9.17) is 14.9 Å². The molecule has 0 saturated heterocycles. The zero-order valence-corrected chi connectivity index (χ0v) is 8.65. The van der Waals surface area contributed by atoms with Crippen molar-refractivity contribution >= 4 is 13.6 Å². The maximum Gasteiger partial charge on any atom is 0.362 e. The van der Waals surface area contributed by atoms with Gasteiger partial charge in [0.25, 0.3) is 0 Å². The van der Waals surface area contributed by atoms with Crippen molar-refractivity contribution in [2.24, 2.45) is 0 Å². The zero-order chi connectivity index (χ0) is 11.2. The lowest BCUT2D eigenvalue weighted by atomic mass is 10.7. The van der Waals surface area contributed by atoms with Crippen LogP contribution in [0.25, 0.3) is 0 Å². The Hall–Kier alpha value is -0.680. The molecular weight excluding hydrogens is 197 g/mol. The van der Waals surface area contributed by atoms with Crippen molar-refractivity contribution in [1.82, 2.24) is 4.90 Å². The predicted molar refractivity (Wildman–Crippen MR) is 48.4 cm³/mol. The van der Waals surface area contributed by atoms with E-state index in [0.717, 1.165) is 0 Å². The molecule has 7 heteroatoms. The molecule has 0 aromatic heterocycles. The van der Waals surface area contributed by atoms with Gasteiger partial charge in [-0.1, -0.05) is 6.58 Å². The van der Waals surface area contributed by atoms with E-state index >= 15 is 0 Å². The van der Waals surface area contributed by atoms with Crippen LogP contribution < -0.4 is 0 Å². The molecule has 0 bridgehead atoms. The van der Waals surface area contributed by atoms with E-state index < -0.39 is 18.9 Å². The standard InChI is InChI=1S/C3H9N.C3H5O5P/c1-4(2)3;1-2(3(4)5)9(6,7)8/h1-3H3;1H2,(H,4,5)(H2,6,7,8). The van der Waals surface area contributed by atoms with Crippen LogP contribution in [0.2, 0.25) is 0 Å². The van der Waals surface area contributed by atoms with Gasteiger partial charge in [0, 0.05) is 0 Å². The number of carboxylic acids is 1. The van der Waals surface area contributed by atoms with Gasteiger partial charge in [-0.05, 0) is 21.1 Å². The molecule has 0 radical (unpaired) electrons. The third kappa shape index (κ3) is 11.3. The number of hydrogen-bond acceptors (Lipinski definition) is 3. The average Bonchev–Trinajstić information content (AvgIpc) is 1.82. The highest BCUT2D eigenvalue weighted by Crippen LogP contribution is 2.43. The second kappa shape index (κ2) is 5.88. The van der Waals surface area contributed by atoms with E-state index in [1.165, 1.54) is 0 Å². The van der Waals surface area contributed by atoms with Crippen LogP contribution in [-0.4, -0.2) is 46.9 Å². The van der Waals surface area contributed by atoms with Crippen LogP contribution >= 0.6 is 7.60 Å². The molecule has 0 rings (SSSR count). The van der Waals surface area contributed by atoms with Gasteiger partial charge < -0.3 is 19.8 Å². The van der Waals surface area contributed by atoms with E-state index in [9.17, 15) is 9.36 Å². The van der Waals surface area contributed by atoms with Crippen molar-refractivity contribution < 1.29 is 24.3 Å². The Labute approximate surface area is 76.6 Å². The number of rotatable bonds is 2. The molecule has 6 nitrogen and oxygen atoms in total. The summed E-state index contributed by atoms with van der Waals surface area (Å²) >= 11 is 0.